The van der Waals surface area contributed by atoms with Gasteiger partial charge in [-0.2, -0.15) is 0 Å². The molecular weight excluding hydrogens is 234 g/mol. The van der Waals surface area contributed by atoms with Crippen LogP contribution in [-0.2, 0) is 0 Å². The van der Waals surface area contributed by atoms with Gasteiger partial charge in [0.15, 0.2) is 0 Å². The Morgan fingerprint density at radius 1 is 1.26 bits per heavy atom. The highest BCUT2D eigenvalue weighted by Gasteiger charge is 2.20. The van der Waals surface area contributed by atoms with Crippen molar-refractivity contribution >= 4 is 0 Å². The number of unbranched alkanes of at least 4 members (excludes halogenated alkanes) is 1. The zero-order chi connectivity index (χ0) is 13.5. The van der Waals surface area contributed by atoms with E-state index in [4.69, 9.17) is 4.74 Å². The summed E-state index contributed by atoms with van der Waals surface area (Å²) in [6, 6.07) is 8.47. The first-order chi connectivity index (χ1) is 9.27. The van der Waals surface area contributed by atoms with Gasteiger partial charge < -0.3 is 10.1 Å². The smallest absolute Gasteiger partial charge is 0.122 e. The maximum Gasteiger partial charge on any atom is 0.122 e. The van der Waals surface area contributed by atoms with E-state index in [2.05, 4.69) is 43.4 Å². The Morgan fingerprint density at radius 3 is 2.95 bits per heavy atom. The van der Waals surface area contributed by atoms with E-state index in [1.807, 2.05) is 0 Å². The van der Waals surface area contributed by atoms with Crippen LogP contribution in [0.2, 0.25) is 0 Å². The van der Waals surface area contributed by atoms with E-state index in [1.165, 1.54) is 24.8 Å². The summed E-state index contributed by atoms with van der Waals surface area (Å²) in [6.07, 6.45) is 5.12. The van der Waals surface area contributed by atoms with E-state index in [1.54, 1.807) is 0 Å². The van der Waals surface area contributed by atoms with Gasteiger partial charge in [-0.3, -0.25) is 0 Å². The highest BCUT2D eigenvalue weighted by atomic mass is 16.5. The van der Waals surface area contributed by atoms with Gasteiger partial charge in [0.2, 0.25) is 0 Å². The molecule has 1 aliphatic heterocycles. The van der Waals surface area contributed by atoms with Gasteiger partial charge in [-0.05, 0) is 36.9 Å². The summed E-state index contributed by atoms with van der Waals surface area (Å²) >= 11 is 0. The molecule has 0 saturated heterocycles. The molecule has 2 rings (SSSR count). The Hall–Kier alpha value is -1.02. The van der Waals surface area contributed by atoms with Crippen molar-refractivity contribution in [1.29, 1.82) is 0 Å². The monoisotopic (exact) mass is 261 g/mol. The first-order valence-corrected chi connectivity index (χ1v) is 7.70. The standard InChI is InChI=1S/C17H27NO/c1-14(2)7-5-6-11-18-13-15-10-12-19-17-9-4-3-8-16(15)17/h3-4,8-9,14-15,18H,5-7,10-13H2,1-2H3. The predicted molar refractivity (Wildman–Crippen MR) is 80.9 cm³/mol. The van der Waals surface area contributed by atoms with Gasteiger partial charge in [0.05, 0.1) is 6.61 Å². The van der Waals surface area contributed by atoms with Crippen LogP contribution >= 0.6 is 0 Å². The first-order valence-electron chi connectivity index (χ1n) is 7.70. The average Bonchev–Trinajstić information content (AvgIpc) is 2.42. The molecule has 1 aliphatic rings. The van der Waals surface area contributed by atoms with Crippen LogP contribution < -0.4 is 10.1 Å². The lowest BCUT2D eigenvalue weighted by molar-refractivity contribution is 0.264. The van der Waals surface area contributed by atoms with Crippen LogP contribution in [0.4, 0.5) is 0 Å². The summed E-state index contributed by atoms with van der Waals surface area (Å²) in [4.78, 5) is 0. The second-order valence-corrected chi connectivity index (χ2v) is 5.97. The summed E-state index contributed by atoms with van der Waals surface area (Å²) in [5, 5.41) is 3.61. The number of hydrogen-bond acceptors (Lipinski definition) is 2. The van der Waals surface area contributed by atoms with Gasteiger partial charge in [-0.15, -0.1) is 0 Å². The van der Waals surface area contributed by atoms with Gasteiger partial charge in [-0.1, -0.05) is 44.9 Å². The van der Waals surface area contributed by atoms with Crippen LogP contribution in [-0.4, -0.2) is 19.7 Å². The molecule has 1 N–H and O–H groups in total. The molecule has 1 unspecified atom stereocenters. The molecule has 0 fully saturated rings. The zero-order valence-corrected chi connectivity index (χ0v) is 12.3. The number of hydrogen-bond donors (Lipinski definition) is 1. The molecule has 0 radical (unpaired) electrons. The normalized spacial score (nSPS) is 18.2. The van der Waals surface area contributed by atoms with Crippen LogP contribution in [0, 0.1) is 5.92 Å². The summed E-state index contributed by atoms with van der Waals surface area (Å²) in [5.41, 5.74) is 1.38. The lowest BCUT2D eigenvalue weighted by Gasteiger charge is -2.26. The minimum Gasteiger partial charge on any atom is -0.493 e. The number of nitrogens with one attached hydrogen (secondary N) is 1. The third kappa shape index (κ3) is 4.54. The summed E-state index contributed by atoms with van der Waals surface area (Å²) in [7, 11) is 0. The predicted octanol–water partition coefficient (Wildman–Crippen LogP) is 3.97. The molecule has 1 aromatic carbocycles. The van der Waals surface area contributed by atoms with Crippen LogP contribution in [0.25, 0.3) is 0 Å². The first kappa shape index (κ1) is 14.4. The van der Waals surface area contributed by atoms with Crippen molar-refractivity contribution in [3.8, 4) is 5.75 Å². The minimum absolute atomic E-state index is 0.620. The number of para-hydroxylation sites is 1. The molecular formula is C17H27NO. The minimum atomic E-state index is 0.620. The second-order valence-electron chi connectivity index (χ2n) is 5.97. The van der Waals surface area contributed by atoms with Crippen LogP contribution in [0.5, 0.6) is 5.75 Å². The number of benzene rings is 1. The molecule has 1 aromatic rings. The molecule has 0 amide bonds. The average molecular weight is 261 g/mol. The van der Waals surface area contributed by atoms with E-state index in [0.29, 0.717) is 5.92 Å². The Morgan fingerprint density at radius 2 is 2.11 bits per heavy atom. The van der Waals surface area contributed by atoms with Gasteiger partial charge in [-0.25, -0.2) is 0 Å². The lowest BCUT2D eigenvalue weighted by atomic mass is 9.93. The van der Waals surface area contributed by atoms with Crippen molar-refractivity contribution in [1.82, 2.24) is 5.32 Å². The highest BCUT2D eigenvalue weighted by Crippen LogP contribution is 2.32. The van der Waals surface area contributed by atoms with Crippen molar-refractivity contribution in [2.24, 2.45) is 5.92 Å². The summed E-state index contributed by atoms with van der Waals surface area (Å²) < 4.78 is 5.70. The molecule has 2 heteroatoms. The maximum absolute atomic E-state index is 5.70. The van der Waals surface area contributed by atoms with Crippen molar-refractivity contribution in [2.75, 3.05) is 19.7 Å². The van der Waals surface area contributed by atoms with Crippen LogP contribution in [0.1, 0.15) is 51.0 Å². The third-order valence-corrected chi connectivity index (χ3v) is 3.86. The lowest BCUT2D eigenvalue weighted by Crippen LogP contribution is -2.26. The Balaban J connectivity index is 1.70. The summed E-state index contributed by atoms with van der Waals surface area (Å²) in [5.74, 6) is 2.54. The molecule has 1 heterocycles. The van der Waals surface area contributed by atoms with E-state index in [9.17, 15) is 0 Å². The van der Waals surface area contributed by atoms with Crippen LogP contribution in [0.15, 0.2) is 24.3 Å². The zero-order valence-electron chi connectivity index (χ0n) is 12.3. The van der Waals surface area contributed by atoms with Crippen molar-refractivity contribution < 1.29 is 4.74 Å². The van der Waals surface area contributed by atoms with E-state index in [0.717, 1.165) is 37.8 Å². The van der Waals surface area contributed by atoms with Gasteiger partial charge in [0.25, 0.3) is 0 Å². The quantitative estimate of drug-likeness (QED) is 0.750. The molecule has 19 heavy (non-hydrogen) atoms. The number of fused-ring (bicyclic) bond motifs is 1. The fourth-order valence-corrected chi connectivity index (χ4v) is 2.71. The summed E-state index contributed by atoms with van der Waals surface area (Å²) in [6.45, 7) is 7.68. The molecule has 2 nitrogen and oxygen atoms in total. The molecule has 0 aromatic heterocycles. The van der Waals surface area contributed by atoms with Gasteiger partial charge in [0, 0.05) is 12.5 Å². The molecule has 106 valence electrons. The number of rotatable bonds is 7. The van der Waals surface area contributed by atoms with E-state index >= 15 is 0 Å². The van der Waals surface area contributed by atoms with Crippen molar-refractivity contribution in [3.63, 3.8) is 0 Å². The highest BCUT2D eigenvalue weighted by molar-refractivity contribution is 5.37. The van der Waals surface area contributed by atoms with Crippen molar-refractivity contribution in [2.45, 2.75) is 45.4 Å². The molecule has 0 bridgehead atoms. The van der Waals surface area contributed by atoms with E-state index < -0.39 is 0 Å². The topological polar surface area (TPSA) is 21.3 Å². The largest absolute Gasteiger partial charge is 0.493 e. The number of ether oxygens (including phenoxy) is 1. The molecule has 0 aliphatic carbocycles. The Labute approximate surface area is 117 Å². The fraction of sp³-hybridized carbons (Fsp3) is 0.647. The maximum atomic E-state index is 5.70. The van der Waals surface area contributed by atoms with Crippen LogP contribution in [0.3, 0.4) is 0 Å². The second kappa shape index (κ2) is 7.54. The van der Waals surface area contributed by atoms with E-state index in [-0.39, 0.29) is 0 Å². The van der Waals surface area contributed by atoms with Gasteiger partial charge in [0.1, 0.15) is 5.75 Å². The third-order valence-electron chi connectivity index (χ3n) is 3.86. The Kier molecular flexibility index (Phi) is 5.71. The Bertz CT molecular complexity index is 375. The molecule has 0 saturated carbocycles. The molecule has 1 atom stereocenters. The molecule has 0 spiro atoms. The SMILES string of the molecule is CC(C)CCCCNCC1CCOc2ccccc21. The van der Waals surface area contributed by atoms with Gasteiger partial charge >= 0.3 is 0 Å². The van der Waals surface area contributed by atoms with Crippen molar-refractivity contribution in [3.05, 3.63) is 29.8 Å². The fourth-order valence-electron chi connectivity index (χ4n) is 2.71.